The Kier molecular flexibility index (Phi) is 4.59. The highest BCUT2D eigenvalue weighted by Crippen LogP contribution is 2.40. The molecule has 0 bridgehead atoms. The smallest absolute Gasteiger partial charge is 0.392 e. The van der Waals surface area contributed by atoms with Crippen LogP contribution in [-0.4, -0.2) is 32.2 Å². The van der Waals surface area contributed by atoms with Gasteiger partial charge >= 0.3 is 6.18 Å². The third kappa shape index (κ3) is 3.29. The van der Waals surface area contributed by atoms with E-state index in [1.54, 1.807) is 17.7 Å². The van der Waals surface area contributed by atoms with Crippen LogP contribution >= 0.6 is 11.6 Å². The van der Waals surface area contributed by atoms with Gasteiger partial charge in [0.15, 0.2) is 0 Å². The van der Waals surface area contributed by atoms with Crippen molar-refractivity contribution < 1.29 is 18.3 Å². The molecule has 1 saturated heterocycles. The summed E-state index contributed by atoms with van der Waals surface area (Å²) in [7, 11) is 1.75. The van der Waals surface area contributed by atoms with Crippen molar-refractivity contribution in [3.05, 3.63) is 52.6 Å². The standard InChI is InChI=1S/C16H17ClF3N3O/c1-22-14(17)7-21-15(22)9-23-8-10(24)6-13(23)11-4-2-3-5-12(11)16(18,19)20/h2-5,7,10,13,24H,6,8-9H2,1H3/t10-,13+/m1/s1. The highest BCUT2D eigenvalue weighted by Gasteiger charge is 2.40. The number of aliphatic hydroxyl groups is 1. The molecule has 130 valence electrons. The van der Waals surface area contributed by atoms with Gasteiger partial charge in [0.05, 0.1) is 24.4 Å². The highest BCUT2D eigenvalue weighted by atomic mass is 35.5. The number of nitrogens with zero attached hydrogens (tertiary/aromatic N) is 3. The SMILES string of the molecule is Cn1c(Cl)cnc1CN1C[C@H](O)C[C@H]1c1ccccc1C(F)(F)F. The maximum absolute atomic E-state index is 13.3. The number of rotatable bonds is 3. The monoisotopic (exact) mass is 359 g/mol. The predicted molar refractivity (Wildman–Crippen MR) is 83.4 cm³/mol. The van der Waals surface area contributed by atoms with Gasteiger partial charge < -0.3 is 9.67 Å². The second-order valence-electron chi connectivity index (χ2n) is 5.98. The quantitative estimate of drug-likeness (QED) is 0.913. The second kappa shape index (κ2) is 6.38. The number of halogens is 4. The van der Waals surface area contributed by atoms with Gasteiger partial charge in [0.1, 0.15) is 11.0 Å². The zero-order chi connectivity index (χ0) is 17.5. The van der Waals surface area contributed by atoms with E-state index < -0.39 is 23.9 Å². The lowest BCUT2D eigenvalue weighted by Gasteiger charge is -2.26. The third-order valence-corrected chi connectivity index (χ3v) is 4.73. The first-order valence-corrected chi connectivity index (χ1v) is 7.89. The number of aliphatic hydroxyl groups excluding tert-OH is 1. The van der Waals surface area contributed by atoms with Crippen LogP contribution in [0.3, 0.4) is 0 Å². The minimum absolute atomic E-state index is 0.182. The Labute approximate surface area is 142 Å². The molecule has 1 N–H and O–H groups in total. The van der Waals surface area contributed by atoms with Crippen molar-refractivity contribution >= 4 is 11.6 Å². The van der Waals surface area contributed by atoms with E-state index in [-0.39, 0.29) is 12.0 Å². The van der Waals surface area contributed by atoms with Gasteiger partial charge in [-0.2, -0.15) is 13.2 Å². The summed E-state index contributed by atoms with van der Waals surface area (Å²) < 4.78 is 41.6. The second-order valence-corrected chi connectivity index (χ2v) is 6.36. The molecule has 1 aliphatic heterocycles. The number of alkyl halides is 3. The molecule has 0 unspecified atom stereocenters. The summed E-state index contributed by atoms with van der Waals surface area (Å²) in [6.07, 6.45) is -3.35. The van der Waals surface area contributed by atoms with E-state index in [9.17, 15) is 18.3 Å². The summed E-state index contributed by atoms with van der Waals surface area (Å²) in [6.45, 7) is 0.610. The Bertz CT molecular complexity index is 732. The molecular weight excluding hydrogens is 343 g/mol. The normalized spacial score (nSPS) is 22.2. The molecule has 1 aliphatic rings. The van der Waals surface area contributed by atoms with E-state index >= 15 is 0 Å². The summed E-state index contributed by atoms with van der Waals surface area (Å²) in [5.74, 6) is 0.642. The molecule has 1 aromatic carbocycles. The van der Waals surface area contributed by atoms with Gasteiger partial charge in [-0.3, -0.25) is 4.90 Å². The number of hydrogen-bond donors (Lipinski definition) is 1. The molecule has 3 rings (SSSR count). The van der Waals surface area contributed by atoms with Crippen LogP contribution in [0.4, 0.5) is 13.2 Å². The van der Waals surface area contributed by atoms with Crippen LogP contribution in [0.25, 0.3) is 0 Å². The number of likely N-dealkylation sites (tertiary alicyclic amines) is 1. The molecule has 2 aromatic rings. The van der Waals surface area contributed by atoms with Crippen molar-refractivity contribution in [1.82, 2.24) is 14.5 Å². The zero-order valence-electron chi connectivity index (χ0n) is 13.0. The molecule has 8 heteroatoms. The molecule has 24 heavy (non-hydrogen) atoms. The van der Waals surface area contributed by atoms with Crippen molar-refractivity contribution in [2.24, 2.45) is 7.05 Å². The van der Waals surface area contributed by atoms with Crippen LogP contribution in [0.5, 0.6) is 0 Å². The Morgan fingerprint density at radius 1 is 1.33 bits per heavy atom. The molecule has 0 amide bonds. The topological polar surface area (TPSA) is 41.3 Å². The Hall–Kier alpha value is -1.57. The third-order valence-electron chi connectivity index (χ3n) is 4.38. The van der Waals surface area contributed by atoms with Crippen LogP contribution in [0.1, 0.15) is 29.4 Å². The molecule has 0 spiro atoms. The molecule has 0 radical (unpaired) electrons. The fourth-order valence-electron chi connectivity index (χ4n) is 3.18. The van der Waals surface area contributed by atoms with Gasteiger partial charge in [0.25, 0.3) is 0 Å². The van der Waals surface area contributed by atoms with Crippen LogP contribution in [0.2, 0.25) is 5.15 Å². The van der Waals surface area contributed by atoms with Crippen LogP contribution in [0, 0.1) is 0 Å². The number of benzene rings is 1. The predicted octanol–water partition coefficient (Wildman–Crippen LogP) is 3.40. The van der Waals surface area contributed by atoms with Gasteiger partial charge in [-0.15, -0.1) is 0 Å². The Morgan fingerprint density at radius 2 is 2.04 bits per heavy atom. The number of imidazole rings is 1. The first-order chi connectivity index (χ1) is 11.3. The molecule has 0 aliphatic carbocycles. The average molecular weight is 360 g/mol. The van der Waals surface area contributed by atoms with E-state index in [1.807, 2.05) is 4.90 Å². The molecule has 4 nitrogen and oxygen atoms in total. The van der Waals surface area contributed by atoms with Crippen molar-refractivity contribution in [3.63, 3.8) is 0 Å². The Morgan fingerprint density at radius 3 is 2.67 bits per heavy atom. The van der Waals surface area contributed by atoms with Crippen LogP contribution in [-0.2, 0) is 19.8 Å². The molecule has 2 heterocycles. The lowest BCUT2D eigenvalue weighted by molar-refractivity contribution is -0.138. The van der Waals surface area contributed by atoms with Gasteiger partial charge in [-0.05, 0) is 18.1 Å². The van der Waals surface area contributed by atoms with Crippen molar-refractivity contribution in [1.29, 1.82) is 0 Å². The number of aromatic nitrogens is 2. The van der Waals surface area contributed by atoms with Crippen LogP contribution in [0.15, 0.2) is 30.5 Å². The summed E-state index contributed by atoms with van der Waals surface area (Å²) in [4.78, 5) is 6.00. The molecule has 1 fully saturated rings. The summed E-state index contributed by atoms with van der Waals surface area (Å²) in [5.41, 5.74) is -0.478. The average Bonchev–Trinajstić information content (AvgIpc) is 3.04. The van der Waals surface area contributed by atoms with Gasteiger partial charge in [-0.1, -0.05) is 29.8 Å². The number of β-amino-alcohol motifs (C(OH)–C–C–N with tert-alkyl or cyclic N) is 1. The van der Waals surface area contributed by atoms with Gasteiger partial charge in [0.2, 0.25) is 0 Å². The fraction of sp³-hybridized carbons (Fsp3) is 0.438. The van der Waals surface area contributed by atoms with Crippen molar-refractivity contribution in [2.45, 2.75) is 31.3 Å². The van der Waals surface area contributed by atoms with E-state index in [2.05, 4.69) is 4.98 Å². The lowest BCUT2D eigenvalue weighted by atomic mass is 9.97. The highest BCUT2D eigenvalue weighted by molar-refractivity contribution is 6.29. The molecule has 2 atom stereocenters. The maximum atomic E-state index is 13.3. The van der Waals surface area contributed by atoms with E-state index in [0.29, 0.717) is 24.1 Å². The lowest BCUT2D eigenvalue weighted by Crippen LogP contribution is -2.27. The van der Waals surface area contributed by atoms with Gasteiger partial charge in [-0.25, -0.2) is 4.98 Å². The summed E-state index contributed by atoms with van der Waals surface area (Å²) in [6, 6.07) is 5.00. The zero-order valence-corrected chi connectivity index (χ0v) is 13.7. The van der Waals surface area contributed by atoms with E-state index in [1.165, 1.54) is 18.3 Å². The minimum atomic E-state index is -4.43. The maximum Gasteiger partial charge on any atom is 0.416 e. The molecule has 0 saturated carbocycles. The van der Waals surface area contributed by atoms with Crippen molar-refractivity contribution in [3.8, 4) is 0 Å². The summed E-state index contributed by atoms with van der Waals surface area (Å²) in [5, 5.41) is 10.5. The first kappa shape index (κ1) is 17.3. The minimum Gasteiger partial charge on any atom is -0.392 e. The largest absolute Gasteiger partial charge is 0.416 e. The van der Waals surface area contributed by atoms with Crippen LogP contribution < -0.4 is 0 Å². The first-order valence-electron chi connectivity index (χ1n) is 7.51. The van der Waals surface area contributed by atoms with Crippen molar-refractivity contribution in [2.75, 3.05) is 6.54 Å². The van der Waals surface area contributed by atoms with E-state index in [0.717, 1.165) is 6.07 Å². The number of hydrogen-bond acceptors (Lipinski definition) is 3. The fourth-order valence-corrected chi connectivity index (χ4v) is 3.32. The summed E-state index contributed by atoms with van der Waals surface area (Å²) >= 11 is 5.97. The molecule has 1 aromatic heterocycles. The Balaban J connectivity index is 1.93. The van der Waals surface area contributed by atoms with E-state index in [4.69, 9.17) is 11.6 Å². The molecular formula is C16H17ClF3N3O. The van der Waals surface area contributed by atoms with Gasteiger partial charge in [0, 0.05) is 19.6 Å².